The summed E-state index contributed by atoms with van der Waals surface area (Å²) < 4.78 is 37.1. The zero-order valence-electron chi connectivity index (χ0n) is 20.6. The summed E-state index contributed by atoms with van der Waals surface area (Å²) >= 11 is -0.636. The van der Waals surface area contributed by atoms with Crippen molar-refractivity contribution in [1.29, 1.82) is 0 Å². The second kappa shape index (κ2) is 9.19. The minimum Gasteiger partial charge on any atom is -0.691 e. The van der Waals surface area contributed by atoms with Crippen LogP contribution in [0.15, 0.2) is 48.5 Å². The average molecular weight is 528 g/mol. The van der Waals surface area contributed by atoms with Crippen LogP contribution >= 0.6 is 12.0 Å². The van der Waals surface area contributed by atoms with Crippen LogP contribution in [0.4, 0.5) is 8.78 Å². The van der Waals surface area contributed by atoms with E-state index in [1.807, 2.05) is 0 Å². The van der Waals surface area contributed by atoms with Gasteiger partial charge in [-0.2, -0.15) is 13.1 Å². The largest absolute Gasteiger partial charge is 0.691 e. The van der Waals surface area contributed by atoms with Gasteiger partial charge >= 0.3 is 11.2 Å². The molecule has 0 aliphatic heterocycles. The van der Waals surface area contributed by atoms with Crippen molar-refractivity contribution in [3.63, 3.8) is 0 Å². The van der Waals surface area contributed by atoms with E-state index in [1.54, 1.807) is 0 Å². The fourth-order valence-corrected chi connectivity index (χ4v) is 8.72. The van der Waals surface area contributed by atoms with Gasteiger partial charge in [-0.05, 0) is 94.9 Å². The Hall–Kier alpha value is -2.26. The highest BCUT2D eigenvalue weighted by molar-refractivity contribution is 7.96. The van der Waals surface area contributed by atoms with Crippen LogP contribution < -0.4 is 5.26 Å². The first-order valence-corrected chi connectivity index (χ1v) is 13.7. The minimum absolute atomic E-state index is 0.0577. The van der Waals surface area contributed by atoms with Crippen LogP contribution in [0.2, 0.25) is 0 Å². The molecule has 8 heteroatoms. The maximum atomic E-state index is 14.1. The molecule has 0 spiro atoms. The smallest absolute Gasteiger partial charge is 0.415 e. The number of aryl methyl sites for hydroxylation is 1. The first-order chi connectivity index (χ1) is 17.8. The Kier molecular flexibility index (Phi) is 6.22. The highest BCUT2D eigenvalue weighted by Gasteiger charge is 2.59. The van der Waals surface area contributed by atoms with E-state index >= 15 is 0 Å². The van der Waals surface area contributed by atoms with Crippen LogP contribution in [0.1, 0.15) is 56.6 Å². The van der Waals surface area contributed by atoms with Crippen molar-refractivity contribution in [2.24, 2.45) is 17.3 Å². The van der Waals surface area contributed by atoms with E-state index in [0.717, 1.165) is 44.9 Å². The lowest BCUT2D eigenvalue weighted by molar-refractivity contribution is -0.777. The predicted octanol–water partition coefficient (Wildman–Crippen LogP) is 6.40. The molecule has 2 unspecified atom stereocenters. The Morgan fingerprint density at radius 1 is 1.00 bits per heavy atom. The van der Waals surface area contributed by atoms with Crippen LogP contribution in [-0.2, 0) is 30.7 Å². The maximum Gasteiger partial charge on any atom is 0.415 e. The van der Waals surface area contributed by atoms with E-state index in [4.69, 9.17) is 4.74 Å². The van der Waals surface area contributed by atoms with Gasteiger partial charge < -0.3 is 9.99 Å². The lowest BCUT2D eigenvalue weighted by atomic mass is 9.42. The molecule has 37 heavy (non-hydrogen) atoms. The van der Waals surface area contributed by atoms with Gasteiger partial charge in [0.05, 0.1) is 6.61 Å². The second-order valence-electron chi connectivity index (χ2n) is 11.4. The lowest BCUT2D eigenvalue weighted by Gasteiger charge is -2.62. The number of esters is 1. The summed E-state index contributed by atoms with van der Waals surface area (Å²) in [5.74, 6) is -0.770. The van der Waals surface area contributed by atoms with Gasteiger partial charge in [0.15, 0.2) is 0 Å². The Balaban J connectivity index is 1.42. The fraction of sp³-hybridized carbons (Fsp3) is 0.483. The van der Waals surface area contributed by atoms with Gasteiger partial charge in [0.1, 0.15) is 12.0 Å². The van der Waals surface area contributed by atoms with E-state index in [0.29, 0.717) is 11.8 Å². The summed E-state index contributed by atoms with van der Waals surface area (Å²) in [5, 5.41) is 14.0. The Morgan fingerprint density at radius 3 is 2.11 bits per heavy atom. The van der Waals surface area contributed by atoms with Crippen LogP contribution in [0.25, 0.3) is 21.5 Å². The molecule has 4 saturated carbocycles. The third-order valence-electron chi connectivity index (χ3n) is 9.02. The Morgan fingerprint density at radius 2 is 1.57 bits per heavy atom. The third kappa shape index (κ3) is 4.13. The van der Waals surface area contributed by atoms with Crippen LogP contribution in [0.3, 0.4) is 0 Å². The van der Waals surface area contributed by atoms with Crippen LogP contribution in [0.5, 0.6) is 0 Å². The molecular weight excluding hydrogens is 498 g/mol. The molecule has 196 valence electrons. The molecule has 4 fully saturated rings. The minimum atomic E-state index is -4.02. The maximum absolute atomic E-state index is 14.1. The number of fused-ring (bicyclic) bond motifs is 2. The molecule has 0 N–H and O–H groups in total. The van der Waals surface area contributed by atoms with Gasteiger partial charge in [-0.1, -0.05) is 55.5 Å². The van der Waals surface area contributed by atoms with Crippen molar-refractivity contribution < 1.29 is 32.9 Å². The molecule has 4 bridgehead atoms. The zero-order valence-corrected chi connectivity index (χ0v) is 21.5. The number of carbonyl (C=O) groups excluding carboxylic acids is 1. The normalized spacial score (nSPS) is 28.8. The highest BCUT2D eigenvalue weighted by Crippen LogP contribution is 2.67. The number of halogens is 2. The summed E-state index contributed by atoms with van der Waals surface area (Å²) in [6, 6.07) is 17.3. The quantitative estimate of drug-likeness (QED) is 0.111. The summed E-state index contributed by atoms with van der Waals surface area (Å²) in [5.41, 5.74) is 2.29. The third-order valence-corrected chi connectivity index (χ3v) is 9.52. The second-order valence-corrected chi connectivity index (χ2v) is 12.2. The van der Waals surface area contributed by atoms with Crippen molar-refractivity contribution >= 4 is 39.6 Å². The van der Waals surface area contributed by atoms with Gasteiger partial charge in [0.2, 0.25) is 0 Å². The molecule has 0 saturated heterocycles. The average Bonchev–Trinajstić information content (AvgIpc) is 2.88. The molecule has 4 aliphatic rings. The molecular formula is C29H29F2O5S-. The Labute approximate surface area is 218 Å². The molecule has 0 radical (unpaired) electrons. The van der Waals surface area contributed by atoms with Crippen molar-refractivity contribution in [2.75, 3.05) is 6.61 Å². The van der Waals surface area contributed by atoms with Crippen LogP contribution in [0, 0.1) is 17.3 Å². The number of carbonyl (C=O) groups is 1. The number of ether oxygens (including phenoxy) is 1. The van der Waals surface area contributed by atoms with Gasteiger partial charge in [-0.15, -0.1) is 0 Å². The standard InChI is InChI=1S/C29H30F2O5S/c1-2-20-21-7-3-5-9-23(21)25(24-10-6-4-8-22(20)24)28-14-18-11-19(15-28)13-27(12-18,16-28)17-34-26(32)29(30,31)37-36-35-33/h3-10,18-19,33H,2,11-17H2,1H3/p-1. The molecule has 2 atom stereocenters. The Bertz CT molecular complexity index is 1290. The van der Waals surface area contributed by atoms with E-state index in [9.17, 15) is 18.8 Å². The van der Waals surface area contributed by atoms with E-state index in [-0.39, 0.29) is 17.4 Å². The topological polar surface area (TPSA) is 67.8 Å². The molecule has 0 heterocycles. The highest BCUT2D eigenvalue weighted by atomic mass is 32.2. The zero-order chi connectivity index (χ0) is 25.8. The van der Waals surface area contributed by atoms with Gasteiger partial charge in [0.25, 0.3) is 0 Å². The molecule has 5 nitrogen and oxygen atoms in total. The number of hydrogen-bond acceptors (Lipinski definition) is 6. The van der Waals surface area contributed by atoms with Crippen molar-refractivity contribution in [3.8, 4) is 0 Å². The lowest BCUT2D eigenvalue weighted by Crippen LogP contribution is -2.56. The van der Waals surface area contributed by atoms with Gasteiger partial charge in [0, 0.05) is 5.41 Å². The molecule has 4 aliphatic carbocycles. The molecule has 7 rings (SSSR count). The number of benzene rings is 3. The molecule has 0 aromatic heterocycles. The summed E-state index contributed by atoms with van der Waals surface area (Å²) in [6.07, 6.45) is 6.77. The number of rotatable bonds is 8. The number of hydrogen-bond donors (Lipinski definition) is 0. The van der Waals surface area contributed by atoms with Gasteiger partial charge in [-0.3, -0.25) is 5.04 Å². The fourth-order valence-electron chi connectivity index (χ4n) is 8.48. The SMILES string of the molecule is CCc1c2ccccc2c(C23CC4CC(CC(COC(=O)C(F)(F)SOO[O-])(C4)C2)C3)c2ccccc12. The summed E-state index contributed by atoms with van der Waals surface area (Å²) in [6.45, 7) is 2.14. The van der Waals surface area contributed by atoms with E-state index < -0.39 is 23.3 Å². The van der Waals surface area contributed by atoms with Crippen LogP contribution in [-0.4, -0.2) is 17.8 Å². The summed E-state index contributed by atoms with van der Waals surface area (Å²) in [4.78, 5) is 12.2. The first kappa shape index (κ1) is 25.0. The van der Waals surface area contributed by atoms with Crippen molar-refractivity contribution in [2.45, 2.75) is 62.5 Å². The first-order valence-electron chi connectivity index (χ1n) is 12.9. The molecule has 0 amide bonds. The summed E-state index contributed by atoms with van der Waals surface area (Å²) in [7, 11) is 0. The van der Waals surface area contributed by atoms with E-state index in [1.165, 1.54) is 32.7 Å². The molecule has 3 aromatic rings. The molecule has 3 aromatic carbocycles. The monoisotopic (exact) mass is 527 g/mol. The number of alkyl halides is 2. The predicted molar refractivity (Wildman–Crippen MR) is 135 cm³/mol. The van der Waals surface area contributed by atoms with E-state index in [2.05, 4.69) is 64.8 Å². The van der Waals surface area contributed by atoms with Crippen molar-refractivity contribution in [1.82, 2.24) is 0 Å². The van der Waals surface area contributed by atoms with Gasteiger partial charge in [-0.25, -0.2) is 4.79 Å². The van der Waals surface area contributed by atoms with Crippen molar-refractivity contribution in [3.05, 3.63) is 59.7 Å².